The lowest BCUT2D eigenvalue weighted by molar-refractivity contribution is 0.0190. The molecule has 1 saturated heterocycles. The van der Waals surface area contributed by atoms with Crippen LogP contribution in [-0.4, -0.2) is 35.4 Å². The molecule has 0 radical (unpaired) electrons. The van der Waals surface area contributed by atoms with Crippen LogP contribution < -0.4 is 5.32 Å². The van der Waals surface area contributed by atoms with Gasteiger partial charge in [0.1, 0.15) is 23.0 Å². The van der Waals surface area contributed by atoms with Crippen LogP contribution in [-0.2, 0) is 11.3 Å². The van der Waals surface area contributed by atoms with E-state index in [1.54, 1.807) is 0 Å². The number of hydrogen-bond acceptors (Lipinski definition) is 3. The Bertz CT molecular complexity index is 998. The summed E-state index contributed by atoms with van der Waals surface area (Å²) in [5, 5.41) is 3.34. The van der Waals surface area contributed by atoms with Crippen LogP contribution in [0.2, 0.25) is 5.02 Å². The summed E-state index contributed by atoms with van der Waals surface area (Å²) < 4.78 is 51.2. The number of hydrogen-bond donors (Lipinski definition) is 1. The monoisotopic (exact) mass is 459 g/mol. The van der Waals surface area contributed by atoms with E-state index in [-0.39, 0.29) is 44.6 Å². The largest absolute Gasteiger partial charge is 0.374 e. The zero-order valence-electron chi connectivity index (χ0n) is 13.9. The number of fused-ring (bicyclic) bond motifs is 1. The van der Waals surface area contributed by atoms with Crippen molar-refractivity contribution in [1.82, 2.24) is 14.9 Å². The van der Waals surface area contributed by atoms with E-state index in [2.05, 4.69) is 26.2 Å². The Morgan fingerprint density at radius 1 is 1.19 bits per heavy atom. The van der Waals surface area contributed by atoms with Gasteiger partial charge >= 0.3 is 0 Å². The third kappa shape index (κ3) is 3.59. The van der Waals surface area contributed by atoms with Crippen LogP contribution in [0.5, 0.6) is 0 Å². The molecule has 9 heteroatoms. The summed E-state index contributed by atoms with van der Waals surface area (Å²) in [7, 11) is 0. The number of ether oxygens (including phenoxy) is 1. The van der Waals surface area contributed by atoms with Crippen molar-refractivity contribution < 1.29 is 17.9 Å². The number of imidazole rings is 1. The lowest BCUT2D eigenvalue weighted by Crippen LogP contribution is -2.40. The summed E-state index contributed by atoms with van der Waals surface area (Å²) in [6, 6.07) is 4.91. The Morgan fingerprint density at radius 2 is 1.93 bits per heavy atom. The molecule has 0 spiro atoms. The van der Waals surface area contributed by atoms with Crippen molar-refractivity contribution in [2.24, 2.45) is 0 Å². The molecule has 0 amide bonds. The third-order valence-electron chi connectivity index (χ3n) is 4.38. The average Bonchev–Trinajstić information content (AvgIpc) is 2.93. The molecule has 0 saturated carbocycles. The van der Waals surface area contributed by atoms with Gasteiger partial charge in [-0.2, -0.15) is 0 Å². The topological polar surface area (TPSA) is 39.1 Å². The van der Waals surface area contributed by atoms with Crippen molar-refractivity contribution in [1.29, 1.82) is 0 Å². The smallest absolute Gasteiger partial charge is 0.150 e. The van der Waals surface area contributed by atoms with Crippen molar-refractivity contribution in [3.8, 4) is 11.4 Å². The van der Waals surface area contributed by atoms with Gasteiger partial charge < -0.3 is 14.6 Å². The summed E-state index contributed by atoms with van der Waals surface area (Å²) >= 11 is 8.99. The molecule has 1 unspecified atom stereocenters. The lowest BCUT2D eigenvalue weighted by Gasteiger charge is -2.25. The van der Waals surface area contributed by atoms with E-state index in [0.29, 0.717) is 19.7 Å². The highest BCUT2D eigenvalue weighted by atomic mass is 79.9. The fourth-order valence-corrected chi connectivity index (χ4v) is 3.85. The van der Waals surface area contributed by atoms with E-state index in [1.807, 2.05) is 0 Å². The molecule has 0 bridgehead atoms. The van der Waals surface area contributed by atoms with Gasteiger partial charge in [-0.15, -0.1) is 0 Å². The van der Waals surface area contributed by atoms with E-state index in [1.165, 1.54) is 10.6 Å². The van der Waals surface area contributed by atoms with Gasteiger partial charge in [-0.25, -0.2) is 18.2 Å². The molecular formula is C18H14BrClF3N3O. The van der Waals surface area contributed by atoms with E-state index < -0.39 is 17.5 Å². The number of nitrogens with one attached hydrogen (secondary N) is 1. The Kier molecular flexibility index (Phi) is 5.15. The van der Waals surface area contributed by atoms with Gasteiger partial charge in [-0.05, 0) is 24.3 Å². The van der Waals surface area contributed by atoms with Crippen LogP contribution in [0.4, 0.5) is 13.2 Å². The molecule has 2 heterocycles. The van der Waals surface area contributed by atoms with Crippen molar-refractivity contribution in [2.45, 2.75) is 12.6 Å². The molecule has 1 aliphatic rings. The highest BCUT2D eigenvalue weighted by Gasteiger charge is 2.25. The third-order valence-corrected chi connectivity index (χ3v) is 5.06. The molecule has 27 heavy (non-hydrogen) atoms. The number of rotatable bonds is 3. The van der Waals surface area contributed by atoms with Gasteiger partial charge in [0, 0.05) is 22.6 Å². The first kappa shape index (κ1) is 18.7. The van der Waals surface area contributed by atoms with E-state index in [4.69, 9.17) is 16.3 Å². The fraction of sp³-hybridized carbons (Fsp3) is 0.278. The van der Waals surface area contributed by atoms with Gasteiger partial charge in [-0.1, -0.05) is 27.5 Å². The molecule has 142 valence electrons. The predicted molar refractivity (Wildman–Crippen MR) is 100 cm³/mol. The minimum absolute atomic E-state index is 0.0113. The van der Waals surface area contributed by atoms with Gasteiger partial charge in [0.15, 0.2) is 5.82 Å². The Morgan fingerprint density at radius 3 is 2.59 bits per heavy atom. The number of aromatic nitrogens is 2. The van der Waals surface area contributed by atoms with Crippen LogP contribution in [0.25, 0.3) is 22.4 Å². The standard InChI is InChI=1S/C18H14BrClF3N3O/c19-9-3-12(21)16(13(22)4-9)18-25-15-6-10(20)5-14(23)17(15)26(18)8-11-7-24-1-2-27-11/h3-6,11,24H,1-2,7-8H2. The second kappa shape index (κ2) is 7.43. The van der Waals surface area contributed by atoms with Crippen LogP contribution >= 0.6 is 27.5 Å². The van der Waals surface area contributed by atoms with Crippen molar-refractivity contribution in [2.75, 3.05) is 19.7 Å². The molecule has 4 nitrogen and oxygen atoms in total. The Balaban J connectivity index is 1.94. The van der Waals surface area contributed by atoms with Crippen LogP contribution in [0.1, 0.15) is 0 Å². The van der Waals surface area contributed by atoms with Crippen LogP contribution in [0.15, 0.2) is 28.7 Å². The van der Waals surface area contributed by atoms with Crippen molar-refractivity contribution in [3.05, 3.63) is 51.2 Å². The summed E-state index contributed by atoms with van der Waals surface area (Å²) in [5.41, 5.74) is 0.0273. The zero-order chi connectivity index (χ0) is 19.1. The molecule has 0 aliphatic carbocycles. The highest BCUT2D eigenvalue weighted by molar-refractivity contribution is 9.10. The molecule has 3 aromatic rings. The summed E-state index contributed by atoms with van der Waals surface area (Å²) in [5.74, 6) is -2.22. The number of halogens is 5. The van der Waals surface area contributed by atoms with Crippen LogP contribution in [0, 0.1) is 17.5 Å². The first-order valence-electron chi connectivity index (χ1n) is 8.26. The van der Waals surface area contributed by atoms with Crippen molar-refractivity contribution >= 4 is 38.6 Å². The number of nitrogens with zero attached hydrogens (tertiary/aromatic N) is 2. The normalized spacial score (nSPS) is 17.6. The first-order valence-corrected chi connectivity index (χ1v) is 9.43. The zero-order valence-corrected chi connectivity index (χ0v) is 16.2. The molecular weight excluding hydrogens is 447 g/mol. The Labute approximate surface area is 166 Å². The second-order valence-electron chi connectivity index (χ2n) is 6.24. The number of benzene rings is 2. The average molecular weight is 461 g/mol. The fourth-order valence-electron chi connectivity index (χ4n) is 3.25. The van der Waals surface area contributed by atoms with E-state index >= 15 is 0 Å². The van der Waals surface area contributed by atoms with E-state index in [9.17, 15) is 13.2 Å². The predicted octanol–water partition coefficient (Wildman–Crippen LogP) is 4.52. The van der Waals surface area contributed by atoms with Crippen molar-refractivity contribution in [3.63, 3.8) is 0 Å². The quantitative estimate of drug-likeness (QED) is 0.624. The summed E-state index contributed by atoms with van der Waals surface area (Å²) in [6.07, 6.45) is -0.286. The maximum atomic E-state index is 14.7. The molecule has 1 aromatic heterocycles. The molecule has 1 atom stereocenters. The molecule has 1 fully saturated rings. The molecule has 1 N–H and O–H groups in total. The van der Waals surface area contributed by atoms with Gasteiger partial charge in [0.2, 0.25) is 0 Å². The van der Waals surface area contributed by atoms with E-state index in [0.717, 1.165) is 18.2 Å². The maximum Gasteiger partial charge on any atom is 0.150 e. The molecule has 2 aromatic carbocycles. The van der Waals surface area contributed by atoms with Gasteiger partial charge in [0.25, 0.3) is 0 Å². The number of morpholine rings is 1. The summed E-state index contributed by atoms with van der Waals surface area (Å²) in [6.45, 7) is 1.95. The maximum absolute atomic E-state index is 14.7. The highest BCUT2D eigenvalue weighted by Crippen LogP contribution is 2.33. The lowest BCUT2D eigenvalue weighted by atomic mass is 10.1. The SMILES string of the molecule is Fc1cc(Br)cc(F)c1-c1nc2cc(Cl)cc(F)c2n1CC1CNCCO1. The molecule has 1 aliphatic heterocycles. The minimum Gasteiger partial charge on any atom is -0.374 e. The second-order valence-corrected chi connectivity index (χ2v) is 7.59. The first-order chi connectivity index (χ1) is 12.9. The van der Waals surface area contributed by atoms with Gasteiger partial charge in [0.05, 0.1) is 30.3 Å². The van der Waals surface area contributed by atoms with Crippen LogP contribution in [0.3, 0.4) is 0 Å². The molecule has 4 rings (SSSR count). The summed E-state index contributed by atoms with van der Waals surface area (Å²) in [4.78, 5) is 4.29. The minimum atomic E-state index is -0.798. The Hall–Kier alpha value is -1.61. The van der Waals surface area contributed by atoms with Gasteiger partial charge in [-0.3, -0.25) is 0 Å².